The molecule has 2 heterocycles. The fourth-order valence-electron chi connectivity index (χ4n) is 5.92. The number of rotatable bonds is 7. The monoisotopic (exact) mass is 486 g/mol. The molecule has 1 amide bonds. The summed E-state index contributed by atoms with van der Waals surface area (Å²) in [6, 6.07) is 9.46. The third-order valence-electron chi connectivity index (χ3n) is 7.98. The third-order valence-corrected chi connectivity index (χ3v) is 7.98. The molecule has 0 bridgehead atoms. The Morgan fingerprint density at radius 2 is 1.89 bits per heavy atom. The van der Waals surface area contributed by atoms with Crippen LogP contribution in [0.4, 0.5) is 13.2 Å². The van der Waals surface area contributed by atoms with Crippen LogP contribution in [-0.4, -0.2) is 45.7 Å². The number of carbonyl (C=O) groups is 1. The molecule has 2 N–H and O–H groups in total. The minimum atomic E-state index is -4.22. The van der Waals surface area contributed by atoms with Gasteiger partial charge in [0.2, 0.25) is 0 Å². The van der Waals surface area contributed by atoms with Crippen molar-refractivity contribution in [3.8, 4) is 0 Å². The van der Waals surface area contributed by atoms with Gasteiger partial charge in [0.05, 0.1) is 12.1 Å². The summed E-state index contributed by atoms with van der Waals surface area (Å²) in [7, 11) is 1.55. The third kappa shape index (κ3) is 3.86. The minimum Gasteiger partial charge on any atom is -0.348 e. The number of carbonyl (C=O) groups excluding carboxylic acids is 1. The van der Waals surface area contributed by atoms with E-state index in [-0.39, 0.29) is 23.4 Å². The fourth-order valence-corrected chi connectivity index (χ4v) is 5.92. The number of H-pyrrole nitrogens is 1. The molecule has 1 aromatic carbocycles. The molecule has 6 nitrogen and oxygen atoms in total. The summed E-state index contributed by atoms with van der Waals surface area (Å²) in [5.74, 6) is -0.277. The Hall–Kier alpha value is -3.07. The van der Waals surface area contributed by atoms with Crippen LogP contribution in [0.5, 0.6) is 0 Å². The van der Waals surface area contributed by atoms with E-state index in [2.05, 4.69) is 14.9 Å². The molecule has 186 valence electrons. The van der Waals surface area contributed by atoms with Gasteiger partial charge in [0.15, 0.2) is 0 Å². The van der Waals surface area contributed by atoms with Gasteiger partial charge in [0.25, 0.3) is 11.5 Å². The Morgan fingerprint density at radius 1 is 1.20 bits per heavy atom. The molecule has 0 atom stereocenters. The van der Waals surface area contributed by atoms with Crippen molar-refractivity contribution in [1.29, 1.82) is 0 Å². The number of aryl methyl sites for hydroxylation is 2. The molecule has 0 saturated heterocycles. The molecule has 0 spiro atoms. The van der Waals surface area contributed by atoms with E-state index in [0.29, 0.717) is 17.7 Å². The van der Waals surface area contributed by atoms with Crippen LogP contribution in [0, 0.1) is 26.2 Å². The van der Waals surface area contributed by atoms with Gasteiger partial charge in [-0.05, 0) is 58.4 Å². The number of aromatic nitrogens is 2. The van der Waals surface area contributed by atoms with Crippen LogP contribution in [0.3, 0.4) is 0 Å². The molecule has 0 aliphatic heterocycles. The largest absolute Gasteiger partial charge is 0.401 e. The van der Waals surface area contributed by atoms with Crippen molar-refractivity contribution >= 4 is 16.8 Å². The van der Waals surface area contributed by atoms with Crippen LogP contribution in [-0.2, 0) is 13.1 Å². The highest BCUT2D eigenvalue weighted by Gasteiger charge is 2.85. The second-order valence-corrected chi connectivity index (χ2v) is 10.3. The Bertz CT molecular complexity index is 1400. The molecule has 2 saturated carbocycles. The number of benzene rings is 1. The van der Waals surface area contributed by atoms with Crippen LogP contribution >= 0.6 is 0 Å². The highest BCUT2D eigenvalue weighted by atomic mass is 19.4. The summed E-state index contributed by atoms with van der Waals surface area (Å²) in [4.78, 5) is 29.9. The van der Waals surface area contributed by atoms with Crippen molar-refractivity contribution < 1.29 is 18.0 Å². The highest BCUT2D eigenvalue weighted by molar-refractivity contribution is 6.08. The topological polar surface area (TPSA) is 70.1 Å². The molecule has 2 aliphatic carbocycles. The number of hydrogen-bond acceptors (Lipinski definition) is 3. The second-order valence-electron chi connectivity index (χ2n) is 10.3. The number of nitrogens with zero attached hydrogens (tertiary/aromatic N) is 2. The Labute approximate surface area is 201 Å². The summed E-state index contributed by atoms with van der Waals surface area (Å²) in [6.07, 6.45) is -2.76. The zero-order chi connectivity index (χ0) is 25.3. The van der Waals surface area contributed by atoms with Crippen molar-refractivity contribution in [2.24, 2.45) is 5.41 Å². The van der Waals surface area contributed by atoms with Crippen molar-refractivity contribution in [3.63, 3.8) is 0 Å². The number of para-hydroxylation sites is 1. The first-order valence-electron chi connectivity index (χ1n) is 11.7. The lowest BCUT2D eigenvalue weighted by Crippen LogP contribution is -2.36. The van der Waals surface area contributed by atoms with Gasteiger partial charge in [-0.3, -0.25) is 14.5 Å². The van der Waals surface area contributed by atoms with E-state index in [9.17, 15) is 22.8 Å². The first-order valence-corrected chi connectivity index (χ1v) is 11.7. The normalized spacial score (nSPS) is 23.0. The molecule has 0 unspecified atom stereocenters. The van der Waals surface area contributed by atoms with Gasteiger partial charge in [0.1, 0.15) is 0 Å². The van der Waals surface area contributed by atoms with Crippen LogP contribution in [0.2, 0.25) is 0 Å². The highest BCUT2D eigenvalue weighted by Crippen LogP contribution is 2.82. The molecule has 0 radical (unpaired) electrons. The second kappa shape index (κ2) is 7.71. The number of nitrogens with one attached hydrogen (secondary N) is 2. The van der Waals surface area contributed by atoms with Crippen molar-refractivity contribution in [1.82, 2.24) is 19.8 Å². The Morgan fingerprint density at radius 3 is 2.54 bits per heavy atom. The average molecular weight is 487 g/mol. The lowest BCUT2D eigenvalue weighted by atomic mass is 10.1. The van der Waals surface area contributed by atoms with E-state index in [1.165, 1.54) is 4.90 Å². The van der Waals surface area contributed by atoms with Gasteiger partial charge in [-0.2, -0.15) is 13.2 Å². The van der Waals surface area contributed by atoms with Gasteiger partial charge in [-0.1, -0.05) is 18.2 Å². The molecular weight excluding hydrogens is 457 g/mol. The maximum Gasteiger partial charge on any atom is 0.401 e. The molecule has 2 fully saturated rings. The van der Waals surface area contributed by atoms with E-state index in [1.807, 2.05) is 51.1 Å². The quantitative estimate of drug-likeness (QED) is 0.526. The average Bonchev–Trinajstić information content (AvgIpc) is 3.54. The first kappa shape index (κ1) is 23.7. The van der Waals surface area contributed by atoms with Gasteiger partial charge < -0.3 is 14.9 Å². The van der Waals surface area contributed by atoms with E-state index in [4.69, 9.17) is 0 Å². The number of fused-ring (bicyclic) bond motifs is 2. The summed E-state index contributed by atoms with van der Waals surface area (Å²) >= 11 is 0. The summed E-state index contributed by atoms with van der Waals surface area (Å²) < 4.78 is 40.9. The molecule has 35 heavy (non-hydrogen) atoms. The number of hydrogen-bond donors (Lipinski definition) is 2. The number of pyridine rings is 1. The fraction of sp³-hybridized carbons (Fsp3) is 0.462. The lowest BCUT2D eigenvalue weighted by molar-refractivity contribution is -0.146. The van der Waals surface area contributed by atoms with Gasteiger partial charge in [0, 0.05) is 51.9 Å². The van der Waals surface area contributed by atoms with Crippen LogP contribution in [0.15, 0.2) is 35.1 Å². The summed E-state index contributed by atoms with van der Waals surface area (Å²) in [5.41, 5.74) is 3.49. The molecule has 3 aromatic rings. The molecule has 2 aromatic heterocycles. The van der Waals surface area contributed by atoms with Crippen molar-refractivity contribution in [2.45, 2.75) is 58.4 Å². The van der Waals surface area contributed by atoms with Crippen molar-refractivity contribution in [3.05, 3.63) is 68.8 Å². The minimum absolute atomic E-state index is 0.106. The van der Waals surface area contributed by atoms with Crippen LogP contribution < -0.4 is 10.9 Å². The van der Waals surface area contributed by atoms with E-state index in [1.54, 1.807) is 7.05 Å². The smallest absolute Gasteiger partial charge is 0.348 e. The SMILES string of the molecule is Cc1cc(C)c(CNC(=O)c2c(C)n(CC34CC3(N(C)CC(F)(F)F)C4)c3ccccc23)c(=O)[nH]1. The number of halogens is 3. The van der Waals surface area contributed by atoms with Gasteiger partial charge in [-0.25, -0.2) is 0 Å². The predicted octanol–water partition coefficient (Wildman–Crippen LogP) is 4.21. The summed E-state index contributed by atoms with van der Waals surface area (Å²) in [6.45, 7) is 5.30. The van der Waals surface area contributed by atoms with Gasteiger partial charge in [-0.15, -0.1) is 0 Å². The number of aromatic amines is 1. The zero-order valence-corrected chi connectivity index (χ0v) is 20.3. The maximum absolute atomic E-state index is 13.3. The standard InChI is InChI=1S/C26H29F3N4O2/c1-15-9-16(2)31-22(34)19(15)10-30-23(35)21-17(3)33(20-8-6-5-7-18(20)21)13-24-11-25(24,12-24)32(4)14-26(27,28)29/h5-9H,10-14H2,1-4H3,(H,30,35)(H,31,34). The van der Waals surface area contributed by atoms with Crippen molar-refractivity contribution in [2.75, 3.05) is 13.6 Å². The molecule has 9 heteroatoms. The van der Waals surface area contributed by atoms with E-state index < -0.39 is 18.3 Å². The lowest BCUT2D eigenvalue weighted by Gasteiger charge is -2.21. The van der Waals surface area contributed by atoms with Crippen LogP contribution in [0.1, 0.15) is 45.7 Å². The number of alkyl halides is 3. The molecular formula is C26H29F3N4O2. The Kier molecular flexibility index (Phi) is 5.22. The predicted molar refractivity (Wildman–Crippen MR) is 127 cm³/mol. The molecule has 2 aliphatic rings. The summed E-state index contributed by atoms with van der Waals surface area (Å²) in [5, 5.41) is 3.69. The Balaban J connectivity index is 1.40. The number of amides is 1. The molecule has 5 rings (SSSR count). The van der Waals surface area contributed by atoms with E-state index in [0.717, 1.165) is 40.7 Å². The zero-order valence-electron chi connectivity index (χ0n) is 20.3. The van der Waals surface area contributed by atoms with Gasteiger partial charge >= 0.3 is 6.18 Å². The van der Waals surface area contributed by atoms with E-state index >= 15 is 0 Å². The first-order chi connectivity index (χ1) is 16.4. The van der Waals surface area contributed by atoms with Crippen LogP contribution in [0.25, 0.3) is 10.9 Å². The maximum atomic E-state index is 13.3.